The zero-order valence-electron chi connectivity index (χ0n) is 13.6. The maximum atomic E-state index is 12.4. The number of rotatable bonds is 3. The van der Waals surface area contributed by atoms with E-state index in [1.165, 1.54) is 17.5 Å². The summed E-state index contributed by atoms with van der Waals surface area (Å²) < 4.78 is 1.15. The summed E-state index contributed by atoms with van der Waals surface area (Å²) in [6, 6.07) is 14.2. The van der Waals surface area contributed by atoms with Gasteiger partial charge in [0.05, 0.1) is 16.8 Å². The van der Waals surface area contributed by atoms with Crippen LogP contribution in [-0.2, 0) is 19.4 Å². The molecule has 0 fully saturated rings. The molecule has 1 aliphatic rings. The van der Waals surface area contributed by atoms with Crippen LogP contribution in [0.25, 0.3) is 10.2 Å². The smallest absolute Gasteiger partial charge is 0.321 e. The van der Waals surface area contributed by atoms with E-state index in [-0.39, 0.29) is 6.03 Å². The van der Waals surface area contributed by atoms with Gasteiger partial charge >= 0.3 is 6.03 Å². The molecular formula is C19H19N3OS. The molecule has 0 bridgehead atoms. The highest BCUT2D eigenvalue weighted by Gasteiger charge is 2.15. The predicted molar refractivity (Wildman–Crippen MR) is 98.6 cm³/mol. The predicted octanol–water partition coefficient (Wildman–Crippen LogP) is 4.45. The number of amides is 2. The molecule has 24 heavy (non-hydrogen) atoms. The fourth-order valence-electron chi connectivity index (χ4n) is 3.13. The molecule has 4 nitrogen and oxygen atoms in total. The van der Waals surface area contributed by atoms with Crippen molar-refractivity contribution in [3.05, 3.63) is 58.6 Å². The maximum Gasteiger partial charge on any atom is 0.321 e. The maximum absolute atomic E-state index is 12.4. The molecule has 2 amide bonds. The van der Waals surface area contributed by atoms with Crippen LogP contribution in [0.2, 0.25) is 0 Å². The van der Waals surface area contributed by atoms with Crippen LogP contribution in [-0.4, -0.2) is 23.0 Å². The summed E-state index contributed by atoms with van der Waals surface area (Å²) in [5.74, 6) is 0. The van der Waals surface area contributed by atoms with Gasteiger partial charge in [0.15, 0.2) is 0 Å². The van der Waals surface area contributed by atoms with Crippen LogP contribution in [0.1, 0.15) is 22.6 Å². The monoisotopic (exact) mass is 337 g/mol. The summed E-state index contributed by atoms with van der Waals surface area (Å²) in [6.45, 7) is 0.510. The number of para-hydroxylation sites is 1. The van der Waals surface area contributed by atoms with Gasteiger partial charge in [-0.2, -0.15) is 0 Å². The number of nitrogens with one attached hydrogen (secondary N) is 1. The summed E-state index contributed by atoms with van der Waals surface area (Å²) in [7, 11) is 1.80. The first-order valence-corrected chi connectivity index (χ1v) is 8.99. The minimum atomic E-state index is -0.104. The van der Waals surface area contributed by atoms with Gasteiger partial charge in [-0.3, -0.25) is 0 Å². The number of anilines is 1. The Bertz CT molecular complexity index is 870. The first kappa shape index (κ1) is 15.1. The van der Waals surface area contributed by atoms with E-state index >= 15 is 0 Å². The van der Waals surface area contributed by atoms with E-state index in [1.54, 1.807) is 23.3 Å². The molecule has 1 N–H and O–H groups in total. The Labute approximate surface area is 145 Å². The number of hydrogen-bond donors (Lipinski definition) is 1. The number of nitrogens with zero attached hydrogens (tertiary/aromatic N) is 2. The molecule has 0 saturated carbocycles. The summed E-state index contributed by atoms with van der Waals surface area (Å²) in [4.78, 5) is 18.7. The average molecular weight is 337 g/mol. The largest absolute Gasteiger partial charge is 0.321 e. The van der Waals surface area contributed by atoms with Crippen LogP contribution in [0.3, 0.4) is 0 Å². The number of benzene rings is 2. The molecule has 0 atom stereocenters. The van der Waals surface area contributed by atoms with Gasteiger partial charge in [0.2, 0.25) is 0 Å². The molecule has 2 aromatic carbocycles. The molecule has 1 aromatic heterocycles. The Morgan fingerprint density at radius 1 is 1.21 bits per heavy atom. The highest BCUT2D eigenvalue weighted by Crippen LogP contribution is 2.25. The van der Waals surface area contributed by atoms with Crippen molar-refractivity contribution < 1.29 is 4.79 Å². The second-order valence-corrected chi connectivity index (χ2v) is 7.31. The standard InChI is InChI=1S/C19H19N3OS/c1-22(12-18-21-16-7-2-3-8-17(16)24-18)19(23)20-15-10-9-13-5-4-6-14(13)11-15/h2-3,7-11H,4-6,12H2,1H3,(H,20,23). The van der Waals surface area contributed by atoms with Crippen molar-refractivity contribution in [2.75, 3.05) is 12.4 Å². The third kappa shape index (κ3) is 2.99. The Morgan fingerprint density at radius 3 is 2.92 bits per heavy atom. The number of carbonyl (C=O) groups is 1. The van der Waals surface area contributed by atoms with Gasteiger partial charge in [-0.05, 0) is 54.7 Å². The van der Waals surface area contributed by atoms with Gasteiger partial charge in [0.25, 0.3) is 0 Å². The van der Waals surface area contributed by atoms with E-state index in [2.05, 4.69) is 28.5 Å². The topological polar surface area (TPSA) is 45.2 Å². The second-order valence-electron chi connectivity index (χ2n) is 6.20. The van der Waals surface area contributed by atoms with Gasteiger partial charge in [0, 0.05) is 12.7 Å². The Hall–Kier alpha value is -2.40. The van der Waals surface area contributed by atoms with Crippen LogP contribution in [0.15, 0.2) is 42.5 Å². The molecule has 0 spiro atoms. The summed E-state index contributed by atoms with van der Waals surface area (Å²) in [6.07, 6.45) is 3.48. The van der Waals surface area contributed by atoms with E-state index in [1.807, 2.05) is 24.3 Å². The van der Waals surface area contributed by atoms with Crippen molar-refractivity contribution in [2.24, 2.45) is 0 Å². The van der Waals surface area contributed by atoms with E-state index in [0.717, 1.165) is 33.8 Å². The minimum absolute atomic E-state index is 0.104. The quantitative estimate of drug-likeness (QED) is 0.767. The van der Waals surface area contributed by atoms with Crippen molar-refractivity contribution in [3.63, 3.8) is 0 Å². The number of fused-ring (bicyclic) bond motifs is 2. The number of aromatic nitrogens is 1. The Balaban J connectivity index is 1.44. The third-order valence-corrected chi connectivity index (χ3v) is 5.43. The molecule has 0 unspecified atom stereocenters. The first-order valence-electron chi connectivity index (χ1n) is 8.17. The van der Waals surface area contributed by atoms with Crippen LogP contribution < -0.4 is 5.32 Å². The molecule has 5 heteroatoms. The lowest BCUT2D eigenvalue weighted by molar-refractivity contribution is 0.220. The zero-order valence-corrected chi connectivity index (χ0v) is 14.4. The molecule has 4 rings (SSSR count). The normalized spacial score (nSPS) is 13.0. The van der Waals surface area contributed by atoms with E-state index in [0.29, 0.717) is 6.54 Å². The van der Waals surface area contributed by atoms with E-state index in [4.69, 9.17) is 0 Å². The fraction of sp³-hybridized carbons (Fsp3) is 0.263. The zero-order chi connectivity index (χ0) is 16.5. The van der Waals surface area contributed by atoms with Crippen molar-refractivity contribution in [1.29, 1.82) is 0 Å². The van der Waals surface area contributed by atoms with Crippen LogP contribution in [0, 0.1) is 0 Å². The lowest BCUT2D eigenvalue weighted by Gasteiger charge is -2.17. The van der Waals surface area contributed by atoms with Crippen LogP contribution in [0.5, 0.6) is 0 Å². The highest BCUT2D eigenvalue weighted by atomic mass is 32.1. The molecule has 0 aliphatic heterocycles. The van der Waals surface area contributed by atoms with Gasteiger partial charge in [-0.25, -0.2) is 9.78 Å². The Morgan fingerprint density at radius 2 is 2.04 bits per heavy atom. The third-order valence-electron chi connectivity index (χ3n) is 4.41. The number of aryl methyl sites for hydroxylation is 2. The van der Waals surface area contributed by atoms with Crippen molar-refractivity contribution in [1.82, 2.24) is 9.88 Å². The summed E-state index contributed by atoms with van der Waals surface area (Å²) >= 11 is 1.63. The van der Waals surface area contributed by atoms with Crippen molar-refractivity contribution in [3.8, 4) is 0 Å². The SMILES string of the molecule is CN(Cc1nc2ccccc2s1)C(=O)Nc1ccc2c(c1)CCC2. The van der Waals surface area contributed by atoms with Gasteiger partial charge in [-0.15, -0.1) is 11.3 Å². The molecule has 0 radical (unpaired) electrons. The van der Waals surface area contributed by atoms with Gasteiger partial charge < -0.3 is 10.2 Å². The lowest BCUT2D eigenvalue weighted by Crippen LogP contribution is -2.30. The Kier molecular flexibility index (Phi) is 3.94. The molecule has 1 heterocycles. The van der Waals surface area contributed by atoms with E-state index in [9.17, 15) is 4.79 Å². The van der Waals surface area contributed by atoms with Crippen LogP contribution >= 0.6 is 11.3 Å². The number of urea groups is 1. The van der Waals surface area contributed by atoms with Gasteiger partial charge in [-0.1, -0.05) is 18.2 Å². The second kappa shape index (κ2) is 6.24. The average Bonchev–Trinajstić information content (AvgIpc) is 3.19. The number of thiazole rings is 1. The molecule has 3 aromatic rings. The molecule has 0 saturated heterocycles. The summed E-state index contributed by atoms with van der Waals surface area (Å²) in [5.41, 5.74) is 4.64. The first-order chi connectivity index (χ1) is 11.7. The fourth-order valence-corrected chi connectivity index (χ4v) is 4.15. The molecular weight excluding hydrogens is 318 g/mol. The van der Waals surface area contributed by atoms with E-state index < -0.39 is 0 Å². The number of hydrogen-bond acceptors (Lipinski definition) is 3. The minimum Gasteiger partial charge on any atom is -0.321 e. The molecule has 1 aliphatic carbocycles. The molecule has 122 valence electrons. The highest BCUT2D eigenvalue weighted by molar-refractivity contribution is 7.18. The van der Waals surface area contributed by atoms with Crippen molar-refractivity contribution in [2.45, 2.75) is 25.8 Å². The van der Waals surface area contributed by atoms with Crippen LogP contribution in [0.4, 0.5) is 10.5 Å². The summed E-state index contributed by atoms with van der Waals surface area (Å²) in [5, 5.41) is 3.94. The lowest BCUT2D eigenvalue weighted by atomic mass is 10.1. The number of carbonyl (C=O) groups excluding carboxylic acids is 1. The van der Waals surface area contributed by atoms with Crippen molar-refractivity contribution >= 4 is 33.3 Å². The van der Waals surface area contributed by atoms with Gasteiger partial charge in [0.1, 0.15) is 5.01 Å².